The second kappa shape index (κ2) is 5.74. The Kier molecular flexibility index (Phi) is 3.80. The van der Waals surface area contributed by atoms with Gasteiger partial charge in [0, 0.05) is 17.0 Å². The molecular weight excluding hydrogens is 262 g/mol. The topological polar surface area (TPSA) is 43.0 Å². The van der Waals surface area contributed by atoms with Crippen LogP contribution in [0, 0.1) is 6.92 Å². The quantitative estimate of drug-likeness (QED) is 0.779. The number of rotatable bonds is 5. The van der Waals surface area contributed by atoms with Crippen LogP contribution in [0.1, 0.15) is 30.9 Å². The minimum Gasteiger partial charge on any atom is -0.465 e. The monoisotopic (exact) mass is 283 g/mol. The van der Waals surface area contributed by atoms with Gasteiger partial charge in [-0.15, -0.1) is 0 Å². The van der Waals surface area contributed by atoms with E-state index in [4.69, 9.17) is 4.42 Å². The molecule has 0 unspecified atom stereocenters. The zero-order valence-electron chi connectivity index (χ0n) is 12.8. The highest BCUT2D eigenvalue weighted by atomic mass is 16.3. The fourth-order valence-corrected chi connectivity index (χ4v) is 2.45. The molecule has 2 heterocycles. The van der Waals surface area contributed by atoms with Crippen LogP contribution in [0.15, 0.2) is 40.9 Å². The van der Waals surface area contributed by atoms with E-state index in [-0.39, 0.29) is 0 Å². The van der Waals surface area contributed by atoms with Crippen LogP contribution in [0.3, 0.4) is 0 Å². The SMILES string of the molecule is Cc1oc(CNC(C)C)cc1Cn1ncc2ccccc21. The van der Waals surface area contributed by atoms with Gasteiger partial charge in [-0.3, -0.25) is 4.68 Å². The number of fused-ring (bicyclic) bond motifs is 1. The molecule has 3 aromatic rings. The van der Waals surface area contributed by atoms with Gasteiger partial charge < -0.3 is 9.73 Å². The second-order valence-corrected chi connectivity index (χ2v) is 5.69. The van der Waals surface area contributed by atoms with Crippen LogP contribution in [0.25, 0.3) is 10.9 Å². The molecule has 0 fully saturated rings. The maximum atomic E-state index is 5.82. The lowest BCUT2D eigenvalue weighted by Gasteiger charge is -2.04. The molecule has 0 aliphatic rings. The smallest absolute Gasteiger partial charge is 0.118 e. The van der Waals surface area contributed by atoms with Crippen LogP contribution < -0.4 is 5.32 Å². The molecule has 3 rings (SSSR count). The van der Waals surface area contributed by atoms with Gasteiger partial charge in [-0.25, -0.2) is 0 Å². The number of benzene rings is 1. The molecule has 110 valence electrons. The summed E-state index contributed by atoms with van der Waals surface area (Å²) < 4.78 is 7.84. The number of hydrogen-bond donors (Lipinski definition) is 1. The summed E-state index contributed by atoms with van der Waals surface area (Å²) in [6, 6.07) is 10.8. The summed E-state index contributed by atoms with van der Waals surface area (Å²) in [6.45, 7) is 7.78. The van der Waals surface area contributed by atoms with E-state index in [0.29, 0.717) is 6.04 Å². The van der Waals surface area contributed by atoms with Crippen molar-refractivity contribution in [3.63, 3.8) is 0 Å². The number of hydrogen-bond acceptors (Lipinski definition) is 3. The molecule has 0 radical (unpaired) electrons. The van der Waals surface area contributed by atoms with Crippen LogP contribution in [-0.4, -0.2) is 15.8 Å². The van der Waals surface area contributed by atoms with Gasteiger partial charge in [0.15, 0.2) is 0 Å². The molecule has 21 heavy (non-hydrogen) atoms. The molecule has 1 aromatic carbocycles. The Balaban J connectivity index is 1.81. The molecule has 2 aromatic heterocycles. The standard InChI is InChI=1S/C17H21N3O/c1-12(2)18-10-16-8-15(13(3)21-16)11-20-17-7-5-4-6-14(17)9-19-20/h4-9,12,18H,10-11H2,1-3H3. The van der Waals surface area contributed by atoms with Crippen LogP contribution in [0.2, 0.25) is 0 Å². The molecule has 0 bridgehead atoms. The van der Waals surface area contributed by atoms with Crippen LogP contribution in [-0.2, 0) is 13.1 Å². The van der Waals surface area contributed by atoms with Gasteiger partial charge in [-0.1, -0.05) is 32.0 Å². The highest BCUT2D eigenvalue weighted by Gasteiger charge is 2.10. The van der Waals surface area contributed by atoms with Crippen LogP contribution in [0.4, 0.5) is 0 Å². The molecule has 0 saturated carbocycles. The molecule has 0 aliphatic carbocycles. The van der Waals surface area contributed by atoms with Crippen LogP contribution >= 0.6 is 0 Å². The van der Waals surface area contributed by atoms with Gasteiger partial charge in [-0.2, -0.15) is 5.10 Å². The van der Waals surface area contributed by atoms with E-state index >= 15 is 0 Å². The van der Waals surface area contributed by atoms with E-state index in [1.807, 2.05) is 29.9 Å². The third-order valence-corrected chi connectivity index (χ3v) is 3.63. The molecule has 0 amide bonds. The molecule has 4 nitrogen and oxygen atoms in total. The summed E-state index contributed by atoms with van der Waals surface area (Å²) in [5.74, 6) is 1.95. The highest BCUT2D eigenvalue weighted by molar-refractivity contribution is 5.78. The summed E-state index contributed by atoms with van der Waals surface area (Å²) >= 11 is 0. The number of aryl methyl sites for hydroxylation is 1. The van der Waals surface area contributed by atoms with Gasteiger partial charge >= 0.3 is 0 Å². The molecule has 0 aliphatic heterocycles. The Hall–Kier alpha value is -2.07. The Bertz CT molecular complexity index is 739. The molecule has 0 atom stereocenters. The van der Waals surface area contributed by atoms with Crippen molar-refractivity contribution in [2.75, 3.05) is 0 Å². The van der Waals surface area contributed by atoms with Crippen molar-refractivity contribution < 1.29 is 4.42 Å². The van der Waals surface area contributed by atoms with Gasteiger partial charge in [0.05, 0.1) is 24.8 Å². The van der Waals surface area contributed by atoms with Crippen molar-refractivity contribution >= 4 is 10.9 Å². The number of aromatic nitrogens is 2. The van der Waals surface area contributed by atoms with Crippen molar-refractivity contribution in [2.45, 2.75) is 39.9 Å². The van der Waals surface area contributed by atoms with E-state index in [9.17, 15) is 0 Å². The van der Waals surface area contributed by atoms with Crippen molar-refractivity contribution in [2.24, 2.45) is 0 Å². The first-order valence-corrected chi connectivity index (χ1v) is 7.35. The Morgan fingerprint density at radius 1 is 1.29 bits per heavy atom. The Morgan fingerprint density at radius 3 is 2.90 bits per heavy atom. The first kappa shape index (κ1) is 13.9. The first-order chi connectivity index (χ1) is 10.1. The molecular formula is C17H21N3O. The normalized spacial score (nSPS) is 11.6. The van der Waals surface area contributed by atoms with Crippen molar-refractivity contribution in [1.82, 2.24) is 15.1 Å². The maximum absolute atomic E-state index is 5.82. The average Bonchev–Trinajstić information content (AvgIpc) is 3.02. The lowest BCUT2D eigenvalue weighted by Crippen LogP contribution is -2.21. The van der Waals surface area contributed by atoms with Gasteiger partial charge in [-0.05, 0) is 19.1 Å². The van der Waals surface area contributed by atoms with Gasteiger partial charge in [0.1, 0.15) is 11.5 Å². The molecule has 4 heteroatoms. The maximum Gasteiger partial charge on any atom is 0.118 e. The molecule has 0 saturated heterocycles. The minimum atomic E-state index is 0.453. The number of nitrogens with one attached hydrogen (secondary N) is 1. The zero-order valence-corrected chi connectivity index (χ0v) is 12.8. The molecule has 0 spiro atoms. The molecule has 1 N–H and O–H groups in total. The summed E-state index contributed by atoms with van der Waals surface area (Å²) in [6.07, 6.45) is 1.91. The van der Waals surface area contributed by atoms with Crippen LogP contribution in [0.5, 0.6) is 0 Å². The van der Waals surface area contributed by atoms with E-state index in [0.717, 1.165) is 30.1 Å². The summed E-state index contributed by atoms with van der Waals surface area (Å²) in [4.78, 5) is 0. The van der Waals surface area contributed by atoms with Crippen molar-refractivity contribution in [3.8, 4) is 0 Å². The number of furan rings is 1. The predicted octanol–water partition coefficient (Wildman–Crippen LogP) is 3.48. The minimum absolute atomic E-state index is 0.453. The number of para-hydroxylation sites is 1. The van der Waals surface area contributed by atoms with Crippen molar-refractivity contribution in [3.05, 3.63) is 53.6 Å². The van der Waals surface area contributed by atoms with Gasteiger partial charge in [0.2, 0.25) is 0 Å². The zero-order chi connectivity index (χ0) is 14.8. The average molecular weight is 283 g/mol. The van der Waals surface area contributed by atoms with Gasteiger partial charge in [0.25, 0.3) is 0 Å². The highest BCUT2D eigenvalue weighted by Crippen LogP contribution is 2.19. The third kappa shape index (κ3) is 3.00. The van der Waals surface area contributed by atoms with E-state index in [1.165, 1.54) is 10.9 Å². The first-order valence-electron chi connectivity index (χ1n) is 7.35. The van der Waals surface area contributed by atoms with Crippen molar-refractivity contribution in [1.29, 1.82) is 0 Å². The summed E-state index contributed by atoms with van der Waals surface area (Å²) in [7, 11) is 0. The Labute approximate surface area is 124 Å². The Morgan fingerprint density at radius 2 is 2.10 bits per heavy atom. The second-order valence-electron chi connectivity index (χ2n) is 5.69. The predicted molar refractivity (Wildman–Crippen MR) is 84.3 cm³/mol. The summed E-state index contributed by atoms with van der Waals surface area (Å²) in [5.41, 5.74) is 2.34. The van der Waals surface area contributed by atoms with E-state index in [1.54, 1.807) is 0 Å². The number of nitrogens with zero attached hydrogens (tertiary/aromatic N) is 2. The van der Waals surface area contributed by atoms with E-state index in [2.05, 4.69) is 42.5 Å². The lowest BCUT2D eigenvalue weighted by molar-refractivity contribution is 0.445. The third-order valence-electron chi connectivity index (χ3n) is 3.63. The summed E-state index contributed by atoms with van der Waals surface area (Å²) in [5, 5.41) is 9.02. The lowest BCUT2D eigenvalue weighted by atomic mass is 10.2. The fraction of sp³-hybridized carbons (Fsp3) is 0.353. The fourth-order valence-electron chi connectivity index (χ4n) is 2.45. The van der Waals surface area contributed by atoms with E-state index < -0.39 is 0 Å². The largest absolute Gasteiger partial charge is 0.465 e.